The summed E-state index contributed by atoms with van der Waals surface area (Å²) in [5, 5.41) is 0.704. The van der Waals surface area contributed by atoms with Gasteiger partial charge in [0.2, 0.25) is 5.88 Å². The minimum atomic E-state index is -0.720. The Morgan fingerprint density at radius 1 is 0.960 bits per heavy atom. The van der Waals surface area contributed by atoms with E-state index in [-0.39, 0.29) is 27.5 Å². The van der Waals surface area contributed by atoms with E-state index in [0.29, 0.717) is 60.0 Å². The third-order valence-electron chi connectivity index (χ3n) is 10.5. The van der Waals surface area contributed by atoms with E-state index >= 15 is 0 Å². The minimum Gasteiger partial charge on any atom is -0.497 e. The molecule has 3 aliphatic carbocycles. The number of carbonyl (C=O) groups excluding carboxylic acids is 3. The van der Waals surface area contributed by atoms with Gasteiger partial charge in [-0.05, 0) is 109 Å². The van der Waals surface area contributed by atoms with Gasteiger partial charge in [0.25, 0.3) is 0 Å². The first-order valence-electron chi connectivity index (χ1n) is 17.3. The van der Waals surface area contributed by atoms with Crippen molar-refractivity contribution in [3.63, 3.8) is 0 Å². The molecule has 10 nitrogen and oxygen atoms in total. The molecule has 3 aliphatic rings. The Kier molecular flexibility index (Phi) is 10.3. The molecule has 50 heavy (non-hydrogen) atoms. The highest BCUT2D eigenvalue weighted by molar-refractivity contribution is 14.2. The molecule has 0 saturated heterocycles. The molecule has 268 valence electrons. The summed E-state index contributed by atoms with van der Waals surface area (Å²) in [6.45, 7) is 9.55. The van der Waals surface area contributed by atoms with Crippen LogP contribution in [0.25, 0.3) is 22.3 Å². The van der Waals surface area contributed by atoms with Gasteiger partial charge >= 0.3 is 11.9 Å². The molecule has 0 radical (unpaired) electrons. The first kappa shape index (κ1) is 36.2. The fourth-order valence-corrected chi connectivity index (χ4v) is 10.4. The van der Waals surface area contributed by atoms with Crippen LogP contribution in [0.4, 0.5) is 0 Å². The number of alkyl halides is 1. The van der Waals surface area contributed by atoms with E-state index in [1.807, 2.05) is 71.0 Å². The van der Waals surface area contributed by atoms with Crippen LogP contribution in [0.5, 0.6) is 17.4 Å². The number of ether oxygens (including phenoxy) is 5. The van der Waals surface area contributed by atoms with E-state index in [0.717, 1.165) is 24.0 Å². The summed E-state index contributed by atoms with van der Waals surface area (Å²) in [6, 6.07) is 11.2. The molecule has 0 amide bonds. The fraction of sp³-hybridized carbons (Fsp3) is 0.538. The van der Waals surface area contributed by atoms with Gasteiger partial charge in [0.1, 0.15) is 29.0 Å². The average molecular weight is 799 g/mol. The summed E-state index contributed by atoms with van der Waals surface area (Å²) in [7, 11) is 3.23. The van der Waals surface area contributed by atoms with Gasteiger partial charge < -0.3 is 23.7 Å². The molecule has 2 aromatic carbocycles. The molecule has 1 heterocycles. The number of aromatic nitrogens is 2. The Hall–Kier alpha value is -3.61. The monoisotopic (exact) mass is 798 g/mol. The van der Waals surface area contributed by atoms with Gasteiger partial charge in [0.15, 0.2) is 5.82 Å². The number of nitrogens with zero attached hydrogens (tertiary/aromatic N) is 2. The van der Waals surface area contributed by atoms with Crippen LogP contribution in [-0.4, -0.2) is 68.7 Å². The van der Waals surface area contributed by atoms with Gasteiger partial charge in [0.05, 0.1) is 43.1 Å². The lowest BCUT2D eigenvalue weighted by molar-refractivity contribution is -0.165. The Balaban J connectivity index is 1.33. The van der Waals surface area contributed by atoms with Crippen molar-refractivity contribution >= 4 is 53.9 Å². The van der Waals surface area contributed by atoms with Gasteiger partial charge in [-0.2, -0.15) is 4.98 Å². The average Bonchev–Trinajstić information content (AvgIpc) is 3.64. The number of ketones is 1. The molecule has 11 heteroatoms. The van der Waals surface area contributed by atoms with Crippen molar-refractivity contribution in [2.24, 2.45) is 29.1 Å². The molecule has 3 fully saturated rings. The van der Waals surface area contributed by atoms with Crippen LogP contribution in [0.1, 0.15) is 65.4 Å². The van der Waals surface area contributed by atoms with Gasteiger partial charge in [-0.25, -0.2) is 4.98 Å². The number of hydrogen-bond acceptors (Lipinski definition) is 10. The first-order valence-corrected chi connectivity index (χ1v) is 20.1. The second-order valence-corrected chi connectivity index (χ2v) is 17.0. The normalized spacial score (nSPS) is 27.3. The minimum absolute atomic E-state index is 0.0202. The van der Waals surface area contributed by atoms with Crippen LogP contribution in [0, 0.1) is 36.0 Å². The maximum Gasteiger partial charge on any atom is 0.313 e. The maximum absolute atomic E-state index is 14.5. The summed E-state index contributed by atoms with van der Waals surface area (Å²) in [5.74, 6) is -0.0276. The lowest BCUT2D eigenvalue weighted by Crippen LogP contribution is -2.47. The largest absolute Gasteiger partial charge is 0.497 e. The van der Waals surface area contributed by atoms with Crippen molar-refractivity contribution in [3.8, 4) is 28.8 Å². The Morgan fingerprint density at radius 3 is 2.26 bits per heavy atom. The van der Waals surface area contributed by atoms with E-state index in [1.165, 1.54) is 0 Å². The van der Waals surface area contributed by atoms with E-state index < -0.39 is 55.7 Å². The summed E-state index contributed by atoms with van der Waals surface area (Å²) in [4.78, 5) is 51.3. The number of Topliss-reactive ketones (excluding diaryl/α,β-unsaturated/α-hetero) is 1. The summed E-state index contributed by atoms with van der Waals surface area (Å²) >= 11 is -0.430. The number of benzene rings is 2. The second-order valence-electron chi connectivity index (χ2n) is 14.6. The SMILES string of the molecule is C=I[C@@H]1C[C@@]1(C(=O)OCC)C1CC[C@@H]1C(=O)[C@@H]1C[C@@H](Oc2nc(-c3ccc(OC)cc3)nc3c(C)c(OC)ccc23)CC1C(=O)OC(C)(C)C. The zero-order valence-corrected chi connectivity index (χ0v) is 32.1. The van der Waals surface area contributed by atoms with Crippen molar-refractivity contribution in [2.75, 3.05) is 20.8 Å². The number of methoxy groups -OCH3 is 2. The van der Waals surface area contributed by atoms with Crippen molar-refractivity contribution in [2.45, 2.75) is 82.4 Å². The third-order valence-corrected chi connectivity index (χ3v) is 13.2. The predicted octanol–water partition coefficient (Wildman–Crippen LogP) is 7.06. The topological polar surface area (TPSA) is 123 Å². The number of fused-ring (bicyclic) bond motifs is 1. The molecule has 2 unspecified atom stereocenters. The zero-order valence-electron chi connectivity index (χ0n) is 29.9. The van der Waals surface area contributed by atoms with Gasteiger partial charge in [-0.1, -0.05) is 4.51 Å². The number of halogens is 1. The number of rotatable bonds is 12. The van der Waals surface area contributed by atoms with Crippen molar-refractivity contribution in [3.05, 3.63) is 42.0 Å². The predicted molar refractivity (Wildman–Crippen MR) is 199 cm³/mol. The number of hydrogen-bond donors (Lipinski definition) is 0. The molecule has 3 aromatic rings. The van der Waals surface area contributed by atoms with Crippen LogP contribution >= 0.6 is 20.7 Å². The summed E-state index contributed by atoms with van der Waals surface area (Å²) in [6.07, 6.45) is 2.38. The van der Waals surface area contributed by atoms with Gasteiger partial charge in [-0.15, -0.1) is 20.7 Å². The Morgan fingerprint density at radius 2 is 1.68 bits per heavy atom. The molecule has 7 atom stereocenters. The van der Waals surface area contributed by atoms with E-state index in [4.69, 9.17) is 33.7 Å². The summed E-state index contributed by atoms with van der Waals surface area (Å²) < 4.78 is 33.5. The molecular formula is C39H47IN2O8. The lowest BCUT2D eigenvalue weighted by Gasteiger charge is -2.42. The van der Waals surface area contributed by atoms with Gasteiger partial charge in [0, 0.05) is 26.9 Å². The molecule has 0 bridgehead atoms. The Labute approximate surface area is 303 Å². The number of carbonyl (C=O) groups is 3. The van der Waals surface area contributed by atoms with Crippen LogP contribution in [0.2, 0.25) is 0 Å². The first-order chi connectivity index (χ1) is 23.8. The number of aryl methyl sites for hydroxylation is 1. The summed E-state index contributed by atoms with van der Waals surface area (Å²) in [5.41, 5.74) is 0.968. The van der Waals surface area contributed by atoms with Crippen molar-refractivity contribution in [1.82, 2.24) is 9.97 Å². The molecule has 1 aromatic heterocycles. The lowest BCUT2D eigenvalue weighted by atomic mass is 9.61. The highest BCUT2D eigenvalue weighted by atomic mass is 127. The van der Waals surface area contributed by atoms with E-state index in [1.54, 1.807) is 14.2 Å². The van der Waals surface area contributed by atoms with Crippen LogP contribution in [-0.2, 0) is 23.9 Å². The molecule has 3 saturated carbocycles. The second kappa shape index (κ2) is 14.2. The standard InChI is InChI=1S/C39H47IN2O8/c1-9-48-37(45)39(20-31(39)40-6)29-16-14-25(29)33(43)27-18-24(19-28(27)36(44)50-38(3,4)5)49-35-26-15-17-30(47-8)21(2)32(26)41-34(42-35)22-10-12-23(46-7)13-11-22/h10-13,15,17,24-25,27-29,31H,6,9,14,16,18-20H2,1-5,7-8H3/t24-,25+,27-,28?,29?,31-,39-/m1/s1. The maximum atomic E-state index is 14.5. The fourth-order valence-electron chi connectivity index (χ4n) is 7.84. The highest BCUT2D eigenvalue weighted by Gasteiger charge is 2.69. The van der Waals surface area contributed by atoms with E-state index in [9.17, 15) is 14.4 Å². The third kappa shape index (κ3) is 6.74. The van der Waals surface area contributed by atoms with Crippen molar-refractivity contribution < 1.29 is 38.1 Å². The van der Waals surface area contributed by atoms with E-state index in [2.05, 4.69) is 4.51 Å². The highest BCUT2D eigenvalue weighted by Crippen LogP contribution is 2.66. The quantitative estimate of drug-likeness (QED) is 0.107. The molecule has 6 rings (SSSR count). The number of esters is 2. The van der Waals surface area contributed by atoms with Gasteiger partial charge in [-0.3, -0.25) is 14.4 Å². The van der Waals surface area contributed by atoms with Crippen LogP contribution < -0.4 is 14.2 Å². The Bertz CT molecular complexity index is 1800. The molecule has 0 spiro atoms. The van der Waals surface area contributed by atoms with Crippen LogP contribution in [0.15, 0.2) is 36.4 Å². The van der Waals surface area contributed by atoms with Crippen molar-refractivity contribution in [1.29, 1.82) is 0 Å². The molecular weight excluding hydrogens is 751 g/mol. The zero-order chi connectivity index (χ0) is 36.0. The smallest absolute Gasteiger partial charge is 0.313 e. The molecule has 0 N–H and O–H groups in total. The van der Waals surface area contributed by atoms with Crippen LogP contribution in [0.3, 0.4) is 0 Å². The molecule has 0 aliphatic heterocycles.